The third-order valence-corrected chi connectivity index (χ3v) is 2.35. The van der Waals surface area contributed by atoms with Gasteiger partial charge in [-0.05, 0) is 19.1 Å². The quantitative estimate of drug-likeness (QED) is 0.900. The van der Waals surface area contributed by atoms with Gasteiger partial charge in [0.1, 0.15) is 5.75 Å². The zero-order valence-corrected chi connectivity index (χ0v) is 9.67. The molecular weight excluding hydrogens is 247 g/mol. The number of rotatable bonds is 2. The first-order chi connectivity index (χ1) is 8.41. The molecule has 1 aromatic heterocycles. The third-order valence-electron chi connectivity index (χ3n) is 2.35. The molecule has 1 aromatic carbocycles. The molecule has 0 aliphatic carbocycles. The van der Waals surface area contributed by atoms with Gasteiger partial charge in [0, 0.05) is 0 Å². The number of nitrogens with zero attached hydrogens (tertiary/aromatic N) is 2. The summed E-state index contributed by atoms with van der Waals surface area (Å²) < 4.78 is 42.3. The number of aromatic amines is 1. The van der Waals surface area contributed by atoms with E-state index in [1.54, 1.807) is 18.2 Å². The van der Waals surface area contributed by atoms with Crippen LogP contribution in [0.3, 0.4) is 0 Å². The van der Waals surface area contributed by atoms with Crippen LogP contribution in [0.5, 0.6) is 5.75 Å². The number of alkyl halides is 3. The number of benzene rings is 1. The van der Waals surface area contributed by atoms with Crippen molar-refractivity contribution in [2.45, 2.75) is 13.1 Å². The molecule has 96 valence electrons. The molecule has 4 nitrogen and oxygen atoms in total. The van der Waals surface area contributed by atoms with Gasteiger partial charge in [-0.2, -0.15) is 18.3 Å². The van der Waals surface area contributed by atoms with E-state index in [4.69, 9.17) is 4.74 Å². The highest BCUT2D eigenvalue weighted by Gasteiger charge is 2.35. The second-order valence-corrected chi connectivity index (χ2v) is 3.71. The van der Waals surface area contributed by atoms with Gasteiger partial charge in [-0.15, -0.1) is 0 Å². The molecule has 0 saturated carbocycles. The lowest BCUT2D eigenvalue weighted by atomic mass is 10.1. The van der Waals surface area contributed by atoms with Crippen LogP contribution in [0.25, 0.3) is 11.4 Å². The number of aromatic nitrogens is 3. The molecule has 2 rings (SSSR count). The van der Waals surface area contributed by atoms with E-state index < -0.39 is 12.0 Å². The predicted octanol–water partition coefficient (Wildman–Crippen LogP) is 2.81. The molecule has 0 fully saturated rings. The highest BCUT2D eigenvalue weighted by Crippen LogP contribution is 2.31. The molecule has 0 spiro atoms. The lowest BCUT2D eigenvalue weighted by Gasteiger charge is -2.06. The molecule has 0 atom stereocenters. The summed E-state index contributed by atoms with van der Waals surface area (Å²) in [6.07, 6.45) is -4.54. The van der Waals surface area contributed by atoms with Crippen molar-refractivity contribution < 1.29 is 17.9 Å². The third kappa shape index (κ3) is 2.29. The Kier molecular flexibility index (Phi) is 2.98. The average molecular weight is 257 g/mol. The van der Waals surface area contributed by atoms with Crippen molar-refractivity contribution in [1.29, 1.82) is 0 Å². The van der Waals surface area contributed by atoms with Crippen LogP contribution >= 0.6 is 0 Å². The van der Waals surface area contributed by atoms with Gasteiger partial charge in [-0.3, -0.25) is 5.10 Å². The topological polar surface area (TPSA) is 50.8 Å². The SMILES string of the molecule is COc1ccc(C)cc1-c1n[nH]c(C(F)(F)F)n1. The van der Waals surface area contributed by atoms with Crippen LogP contribution in [0, 0.1) is 6.92 Å². The lowest BCUT2D eigenvalue weighted by molar-refractivity contribution is -0.144. The number of aryl methyl sites for hydroxylation is 1. The summed E-state index contributed by atoms with van der Waals surface area (Å²) in [6, 6.07) is 5.12. The molecule has 18 heavy (non-hydrogen) atoms. The number of H-pyrrole nitrogens is 1. The number of methoxy groups -OCH3 is 1. The summed E-state index contributed by atoms with van der Waals surface area (Å²) in [6.45, 7) is 1.82. The van der Waals surface area contributed by atoms with Crippen LogP contribution < -0.4 is 4.74 Å². The molecule has 0 bridgehead atoms. The van der Waals surface area contributed by atoms with Gasteiger partial charge in [0.05, 0.1) is 12.7 Å². The Morgan fingerprint density at radius 3 is 2.56 bits per heavy atom. The van der Waals surface area contributed by atoms with Crippen LogP contribution in [-0.4, -0.2) is 22.3 Å². The molecule has 7 heteroatoms. The minimum Gasteiger partial charge on any atom is -0.496 e. The van der Waals surface area contributed by atoms with Crippen LogP contribution in [0.2, 0.25) is 0 Å². The van der Waals surface area contributed by atoms with Crippen LogP contribution in [0.4, 0.5) is 13.2 Å². The molecule has 0 aliphatic heterocycles. The Bertz CT molecular complexity index is 563. The fraction of sp³-hybridized carbons (Fsp3) is 0.273. The minimum atomic E-state index is -4.54. The van der Waals surface area contributed by atoms with Gasteiger partial charge in [-0.25, -0.2) is 4.98 Å². The van der Waals surface area contributed by atoms with E-state index >= 15 is 0 Å². The van der Waals surface area contributed by atoms with Crippen molar-refractivity contribution in [2.75, 3.05) is 7.11 Å². The van der Waals surface area contributed by atoms with Crippen molar-refractivity contribution >= 4 is 0 Å². The molecule has 1 N–H and O–H groups in total. The Labute approximate surface area is 101 Å². The maximum Gasteiger partial charge on any atom is 0.451 e. The van der Waals surface area contributed by atoms with E-state index in [1.807, 2.05) is 12.0 Å². The van der Waals surface area contributed by atoms with Crippen molar-refractivity contribution in [2.24, 2.45) is 0 Å². The van der Waals surface area contributed by atoms with Gasteiger partial charge < -0.3 is 4.74 Å². The zero-order chi connectivity index (χ0) is 13.3. The first-order valence-electron chi connectivity index (χ1n) is 5.06. The van der Waals surface area contributed by atoms with Crippen molar-refractivity contribution in [3.05, 3.63) is 29.6 Å². The molecule has 1 heterocycles. The van der Waals surface area contributed by atoms with E-state index in [-0.39, 0.29) is 5.82 Å². The molecule has 0 aliphatic rings. The number of halogens is 3. The molecule has 2 aromatic rings. The van der Waals surface area contributed by atoms with Crippen LogP contribution in [0.1, 0.15) is 11.4 Å². The number of hydrogen-bond donors (Lipinski definition) is 1. The van der Waals surface area contributed by atoms with Crippen molar-refractivity contribution in [3.63, 3.8) is 0 Å². The molecule has 0 saturated heterocycles. The van der Waals surface area contributed by atoms with Gasteiger partial charge in [-0.1, -0.05) is 11.6 Å². The van der Waals surface area contributed by atoms with Crippen molar-refractivity contribution in [3.8, 4) is 17.1 Å². The summed E-state index contributed by atoms with van der Waals surface area (Å²) >= 11 is 0. The predicted molar refractivity (Wildman–Crippen MR) is 58.1 cm³/mol. The minimum absolute atomic E-state index is 0.0390. The van der Waals surface area contributed by atoms with E-state index in [0.717, 1.165) is 5.56 Å². The van der Waals surface area contributed by atoms with Crippen molar-refractivity contribution in [1.82, 2.24) is 15.2 Å². The Morgan fingerprint density at radius 1 is 1.28 bits per heavy atom. The fourth-order valence-corrected chi connectivity index (χ4v) is 1.51. The Morgan fingerprint density at radius 2 is 2.00 bits per heavy atom. The highest BCUT2D eigenvalue weighted by atomic mass is 19.4. The Hall–Kier alpha value is -2.05. The average Bonchev–Trinajstić information content (AvgIpc) is 2.77. The van der Waals surface area contributed by atoms with Gasteiger partial charge >= 0.3 is 6.18 Å². The van der Waals surface area contributed by atoms with E-state index in [1.165, 1.54) is 7.11 Å². The monoisotopic (exact) mass is 257 g/mol. The Balaban J connectivity index is 2.49. The van der Waals surface area contributed by atoms with Gasteiger partial charge in [0.2, 0.25) is 5.82 Å². The maximum absolute atomic E-state index is 12.4. The first kappa shape index (κ1) is 12.4. The largest absolute Gasteiger partial charge is 0.496 e. The molecular formula is C11H10F3N3O. The van der Waals surface area contributed by atoms with E-state index in [9.17, 15) is 13.2 Å². The number of hydrogen-bond acceptors (Lipinski definition) is 3. The lowest BCUT2D eigenvalue weighted by Crippen LogP contribution is -2.07. The summed E-state index contributed by atoms with van der Waals surface area (Å²) in [5.74, 6) is -0.739. The second kappa shape index (κ2) is 4.32. The summed E-state index contributed by atoms with van der Waals surface area (Å²) in [7, 11) is 1.44. The van der Waals surface area contributed by atoms with E-state index in [0.29, 0.717) is 11.3 Å². The summed E-state index contributed by atoms with van der Waals surface area (Å²) in [5.41, 5.74) is 1.30. The zero-order valence-electron chi connectivity index (χ0n) is 9.67. The number of ether oxygens (including phenoxy) is 1. The fourth-order valence-electron chi connectivity index (χ4n) is 1.51. The normalized spacial score (nSPS) is 11.6. The molecule has 0 unspecified atom stereocenters. The van der Waals surface area contributed by atoms with Crippen LogP contribution in [0.15, 0.2) is 18.2 Å². The number of nitrogens with one attached hydrogen (secondary N) is 1. The van der Waals surface area contributed by atoms with Crippen LogP contribution in [-0.2, 0) is 6.18 Å². The molecule has 0 amide bonds. The van der Waals surface area contributed by atoms with Gasteiger partial charge in [0.15, 0.2) is 5.82 Å². The highest BCUT2D eigenvalue weighted by molar-refractivity contribution is 5.64. The standard InChI is InChI=1S/C11H10F3N3O/c1-6-3-4-8(18-2)7(5-6)9-15-10(17-16-9)11(12,13)14/h3-5H,1-2H3,(H,15,16,17). The van der Waals surface area contributed by atoms with Gasteiger partial charge in [0.25, 0.3) is 0 Å². The van der Waals surface area contributed by atoms with E-state index in [2.05, 4.69) is 10.1 Å². The maximum atomic E-state index is 12.4. The smallest absolute Gasteiger partial charge is 0.451 e. The first-order valence-corrected chi connectivity index (χ1v) is 5.06. The summed E-state index contributed by atoms with van der Waals surface area (Å²) in [5, 5.41) is 5.44. The molecule has 0 radical (unpaired) electrons. The second-order valence-electron chi connectivity index (χ2n) is 3.71. The summed E-state index contributed by atoms with van der Waals surface area (Å²) in [4.78, 5) is 3.43.